The van der Waals surface area contributed by atoms with Crippen molar-refractivity contribution >= 4 is 34.3 Å². The molecule has 0 aliphatic heterocycles. The summed E-state index contributed by atoms with van der Waals surface area (Å²) < 4.78 is 52.4. The highest BCUT2D eigenvalue weighted by Crippen LogP contribution is 2.33. The third-order valence-electron chi connectivity index (χ3n) is 3.57. The minimum absolute atomic E-state index is 0.0508. The number of thioether (sulfide) groups is 1. The quantitative estimate of drug-likeness (QED) is 0.388. The van der Waals surface area contributed by atoms with E-state index >= 15 is 0 Å². The van der Waals surface area contributed by atoms with Crippen molar-refractivity contribution in [1.82, 2.24) is 9.97 Å². The lowest BCUT2D eigenvalue weighted by Crippen LogP contribution is -2.23. The molecule has 0 aliphatic rings. The van der Waals surface area contributed by atoms with Crippen molar-refractivity contribution in [2.24, 2.45) is 0 Å². The van der Waals surface area contributed by atoms with E-state index in [2.05, 4.69) is 15.3 Å². The van der Waals surface area contributed by atoms with E-state index in [-0.39, 0.29) is 16.2 Å². The van der Waals surface area contributed by atoms with Gasteiger partial charge in [-0.2, -0.15) is 13.2 Å². The van der Waals surface area contributed by atoms with E-state index in [9.17, 15) is 22.4 Å². The number of hydrogen-bond donors (Lipinski definition) is 1. The van der Waals surface area contributed by atoms with E-state index in [4.69, 9.17) is 0 Å². The normalized spacial score (nSPS) is 12.8. The van der Waals surface area contributed by atoms with Gasteiger partial charge in [0.2, 0.25) is 11.7 Å². The van der Waals surface area contributed by atoms with Crippen molar-refractivity contribution in [3.8, 4) is 0 Å². The first-order valence-corrected chi connectivity index (χ1v) is 8.69. The Hall–Kier alpha value is -2.68. The SMILES string of the molecule is CC(Sc1nc(C(F)(F)F)nc2ccccc12)C(=O)Nc1cccc(F)c1. The second-order valence-corrected chi connectivity index (χ2v) is 6.96. The number of amides is 1. The Labute approximate surface area is 156 Å². The van der Waals surface area contributed by atoms with Gasteiger partial charge in [0.05, 0.1) is 10.8 Å². The Bertz CT molecular complexity index is 994. The fourth-order valence-corrected chi connectivity index (χ4v) is 3.23. The number of benzene rings is 2. The average molecular weight is 395 g/mol. The molecule has 9 heteroatoms. The Kier molecular flexibility index (Phi) is 5.31. The number of alkyl halides is 3. The monoisotopic (exact) mass is 395 g/mol. The van der Waals surface area contributed by atoms with Gasteiger partial charge < -0.3 is 5.32 Å². The summed E-state index contributed by atoms with van der Waals surface area (Å²) >= 11 is 0.878. The second kappa shape index (κ2) is 7.51. The predicted molar refractivity (Wildman–Crippen MR) is 94.9 cm³/mol. The fourth-order valence-electron chi connectivity index (χ4n) is 2.30. The molecule has 1 aromatic heterocycles. The predicted octanol–water partition coefficient (Wildman–Crippen LogP) is 4.91. The van der Waals surface area contributed by atoms with Crippen LogP contribution >= 0.6 is 11.8 Å². The van der Waals surface area contributed by atoms with Gasteiger partial charge >= 0.3 is 6.18 Å². The molecule has 1 N–H and O–H groups in total. The number of hydrogen-bond acceptors (Lipinski definition) is 4. The molecule has 0 fully saturated rings. The molecule has 1 amide bonds. The Morgan fingerprint density at radius 1 is 1.11 bits per heavy atom. The average Bonchev–Trinajstić information content (AvgIpc) is 2.60. The van der Waals surface area contributed by atoms with Gasteiger partial charge in [-0.1, -0.05) is 36.0 Å². The highest BCUT2D eigenvalue weighted by Gasteiger charge is 2.35. The van der Waals surface area contributed by atoms with Gasteiger partial charge in [0.15, 0.2) is 0 Å². The van der Waals surface area contributed by atoms with Crippen LogP contribution in [0, 0.1) is 5.82 Å². The van der Waals surface area contributed by atoms with Crippen LogP contribution in [0.2, 0.25) is 0 Å². The molecular formula is C18H13F4N3OS. The maximum Gasteiger partial charge on any atom is 0.451 e. The van der Waals surface area contributed by atoms with Crippen LogP contribution in [-0.4, -0.2) is 21.1 Å². The van der Waals surface area contributed by atoms with Gasteiger partial charge in [-0.3, -0.25) is 4.79 Å². The second-order valence-electron chi connectivity index (χ2n) is 5.63. The van der Waals surface area contributed by atoms with Crippen LogP contribution in [0.4, 0.5) is 23.2 Å². The summed E-state index contributed by atoms with van der Waals surface area (Å²) in [6, 6.07) is 11.6. The van der Waals surface area contributed by atoms with Crippen LogP contribution < -0.4 is 5.32 Å². The van der Waals surface area contributed by atoms with E-state index < -0.39 is 29.0 Å². The van der Waals surface area contributed by atoms with Gasteiger partial charge in [0.25, 0.3) is 0 Å². The number of para-hydroxylation sites is 1. The first-order chi connectivity index (χ1) is 12.7. The van der Waals surface area contributed by atoms with E-state index in [0.717, 1.165) is 17.8 Å². The molecule has 0 saturated carbocycles. The molecule has 0 spiro atoms. The van der Waals surface area contributed by atoms with E-state index in [0.29, 0.717) is 5.39 Å². The maximum atomic E-state index is 13.2. The summed E-state index contributed by atoms with van der Waals surface area (Å²) in [6.45, 7) is 1.53. The van der Waals surface area contributed by atoms with Crippen molar-refractivity contribution < 1.29 is 22.4 Å². The standard InChI is InChI=1S/C18H13F4N3OS/c1-10(15(26)23-12-6-4-5-11(19)9-12)27-16-13-7-2-3-8-14(13)24-17(25-16)18(20,21)22/h2-10H,1H3,(H,23,26). The van der Waals surface area contributed by atoms with Gasteiger partial charge in [0.1, 0.15) is 10.8 Å². The number of anilines is 1. The molecule has 2 aromatic carbocycles. The molecule has 1 unspecified atom stereocenters. The first-order valence-electron chi connectivity index (χ1n) is 7.81. The van der Waals surface area contributed by atoms with Gasteiger partial charge in [0, 0.05) is 11.1 Å². The van der Waals surface area contributed by atoms with Crippen LogP contribution in [0.25, 0.3) is 10.9 Å². The Morgan fingerprint density at radius 3 is 2.56 bits per heavy atom. The minimum atomic E-state index is -4.70. The van der Waals surface area contributed by atoms with Crippen LogP contribution in [0.5, 0.6) is 0 Å². The molecule has 27 heavy (non-hydrogen) atoms. The number of nitrogens with zero attached hydrogens (tertiary/aromatic N) is 2. The molecule has 1 heterocycles. The highest BCUT2D eigenvalue weighted by atomic mass is 32.2. The molecule has 3 aromatic rings. The first kappa shape index (κ1) is 19.1. The van der Waals surface area contributed by atoms with Gasteiger partial charge in [-0.05, 0) is 31.2 Å². The lowest BCUT2D eigenvalue weighted by Gasteiger charge is -2.14. The van der Waals surface area contributed by atoms with E-state index in [1.54, 1.807) is 18.2 Å². The topological polar surface area (TPSA) is 54.9 Å². The molecule has 4 nitrogen and oxygen atoms in total. The molecule has 0 aliphatic carbocycles. The smallest absolute Gasteiger partial charge is 0.325 e. The molecule has 0 saturated heterocycles. The fraction of sp³-hybridized carbons (Fsp3) is 0.167. The zero-order valence-electron chi connectivity index (χ0n) is 13.9. The summed E-state index contributed by atoms with van der Waals surface area (Å²) in [7, 11) is 0. The molecular weight excluding hydrogens is 382 g/mol. The summed E-state index contributed by atoms with van der Waals surface area (Å²) in [5.41, 5.74) is 0.399. The zero-order valence-corrected chi connectivity index (χ0v) is 14.7. The Balaban J connectivity index is 1.87. The van der Waals surface area contributed by atoms with Gasteiger partial charge in [-0.25, -0.2) is 14.4 Å². The third-order valence-corrected chi connectivity index (χ3v) is 4.67. The van der Waals surface area contributed by atoms with Crippen LogP contribution in [-0.2, 0) is 11.0 Å². The summed E-state index contributed by atoms with van der Waals surface area (Å²) in [6.07, 6.45) is -4.70. The highest BCUT2D eigenvalue weighted by molar-refractivity contribution is 8.00. The summed E-state index contributed by atoms with van der Waals surface area (Å²) in [5, 5.41) is 2.23. The number of halogens is 4. The molecule has 1 atom stereocenters. The molecule has 3 rings (SSSR count). The summed E-state index contributed by atoms with van der Waals surface area (Å²) in [5.74, 6) is -2.26. The number of carbonyl (C=O) groups excluding carboxylic acids is 1. The lowest BCUT2D eigenvalue weighted by molar-refractivity contribution is -0.145. The number of nitrogens with one attached hydrogen (secondary N) is 1. The van der Waals surface area contributed by atoms with Crippen molar-refractivity contribution in [2.75, 3.05) is 5.32 Å². The van der Waals surface area contributed by atoms with Crippen molar-refractivity contribution in [3.05, 3.63) is 60.2 Å². The number of aromatic nitrogens is 2. The lowest BCUT2D eigenvalue weighted by atomic mass is 10.2. The molecule has 0 bridgehead atoms. The number of rotatable bonds is 4. The minimum Gasteiger partial charge on any atom is -0.325 e. The maximum absolute atomic E-state index is 13.2. The van der Waals surface area contributed by atoms with Crippen molar-refractivity contribution in [1.29, 1.82) is 0 Å². The Morgan fingerprint density at radius 2 is 1.85 bits per heavy atom. The van der Waals surface area contributed by atoms with Crippen molar-refractivity contribution in [3.63, 3.8) is 0 Å². The van der Waals surface area contributed by atoms with Crippen LogP contribution in [0.15, 0.2) is 53.6 Å². The van der Waals surface area contributed by atoms with Crippen molar-refractivity contribution in [2.45, 2.75) is 23.4 Å². The molecule has 0 radical (unpaired) electrons. The third kappa shape index (κ3) is 4.54. The summed E-state index contributed by atoms with van der Waals surface area (Å²) in [4.78, 5) is 19.5. The number of carbonyl (C=O) groups is 1. The molecule has 140 valence electrons. The van der Waals surface area contributed by atoms with E-state index in [1.165, 1.54) is 31.2 Å². The van der Waals surface area contributed by atoms with E-state index in [1.807, 2.05) is 0 Å². The van der Waals surface area contributed by atoms with Gasteiger partial charge in [-0.15, -0.1) is 0 Å². The van der Waals surface area contributed by atoms with Crippen LogP contribution in [0.1, 0.15) is 12.7 Å². The number of fused-ring (bicyclic) bond motifs is 1. The largest absolute Gasteiger partial charge is 0.451 e. The zero-order chi connectivity index (χ0) is 19.6. The van der Waals surface area contributed by atoms with Crippen LogP contribution in [0.3, 0.4) is 0 Å².